The van der Waals surface area contributed by atoms with Gasteiger partial charge in [0.1, 0.15) is 5.82 Å². The second kappa shape index (κ2) is 7.09. The van der Waals surface area contributed by atoms with Gasteiger partial charge in [-0.3, -0.25) is 9.69 Å². The first kappa shape index (κ1) is 15.9. The summed E-state index contributed by atoms with van der Waals surface area (Å²) in [4.78, 5) is 23.9. The number of nitrogens with zero attached hydrogens (tertiary/aromatic N) is 4. The molecular weight excluding hydrogens is 300 g/mol. The molecule has 0 atom stereocenters. The van der Waals surface area contributed by atoms with E-state index in [-0.39, 0.29) is 0 Å². The minimum Gasteiger partial charge on any atom is -0.353 e. The first-order valence-corrected chi connectivity index (χ1v) is 9.47. The lowest BCUT2D eigenvalue weighted by atomic mass is 10.2. The van der Waals surface area contributed by atoms with Gasteiger partial charge in [-0.15, -0.1) is 0 Å². The minimum absolute atomic E-state index is 0.331. The summed E-state index contributed by atoms with van der Waals surface area (Å²) in [7, 11) is 0. The molecule has 5 heteroatoms. The molecule has 3 aliphatic rings. The van der Waals surface area contributed by atoms with Crippen LogP contribution in [0.3, 0.4) is 0 Å². The fourth-order valence-corrected chi connectivity index (χ4v) is 3.62. The molecule has 1 aromatic rings. The zero-order chi connectivity index (χ0) is 16.4. The predicted molar refractivity (Wildman–Crippen MR) is 95.0 cm³/mol. The standard InChI is InChI=1S/C19H28N4O/c24-19(8-10-23(17-6-7-17)15-16-4-5-16)22-13-11-21(12-14-22)18-3-1-2-9-20-18/h1-3,9,16-17H,4-8,10-15H2. The molecular formula is C19H28N4O. The van der Waals surface area contributed by atoms with Crippen LogP contribution in [0.2, 0.25) is 0 Å². The van der Waals surface area contributed by atoms with Gasteiger partial charge in [0.15, 0.2) is 0 Å². The van der Waals surface area contributed by atoms with Crippen LogP contribution >= 0.6 is 0 Å². The van der Waals surface area contributed by atoms with Crippen LogP contribution in [-0.4, -0.2) is 66.0 Å². The van der Waals surface area contributed by atoms with Crippen molar-refractivity contribution in [2.75, 3.05) is 44.2 Å². The van der Waals surface area contributed by atoms with Crippen molar-refractivity contribution < 1.29 is 4.79 Å². The Balaban J connectivity index is 1.22. The lowest BCUT2D eigenvalue weighted by Crippen LogP contribution is -2.49. The Kier molecular flexibility index (Phi) is 4.69. The molecule has 5 nitrogen and oxygen atoms in total. The molecule has 0 bridgehead atoms. The van der Waals surface area contributed by atoms with Gasteiger partial charge >= 0.3 is 0 Å². The number of amides is 1. The second-order valence-electron chi connectivity index (χ2n) is 7.48. The zero-order valence-corrected chi connectivity index (χ0v) is 14.4. The summed E-state index contributed by atoms with van der Waals surface area (Å²) in [6.07, 6.45) is 7.98. The highest BCUT2D eigenvalue weighted by Gasteiger charge is 2.34. The van der Waals surface area contributed by atoms with Gasteiger partial charge in [-0.25, -0.2) is 4.98 Å². The van der Waals surface area contributed by atoms with Crippen LogP contribution in [0.1, 0.15) is 32.1 Å². The van der Waals surface area contributed by atoms with E-state index in [1.54, 1.807) is 0 Å². The Labute approximate surface area is 144 Å². The van der Waals surface area contributed by atoms with Crippen molar-refractivity contribution in [2.45, 2.75) is 38.1 Å². The summed E-state index contributed by atoms with van der Waals surface area (Å²) < 4.78 is 0. The molecule has 1 aromatic heterocycles. The molecule has 0 unspecified atom stereocenters. The number of rotatable bonds is 7. The van der Waals surface area contributed by atoms with E-state index in [4.69, 9.17) is 0 Å². The van der Waals surface area contributed by atoms with Gasteiger partial charge in [-0.1, -0.05) is 6.07 Å². The maximum atomic E-state index is 12.6. The van der Waals surface area contributed by atoms with Crippen molar-refractivity contribution in [2.24, 2.45) is 5.92 Å². The van der Waals surface area contributed by atoms with Crippen molar-refractivity contribution in [3.63, 3.8) is 0 Å². The number of pyridine rings is 1. The molecule has 130 valence electrons. The summed E-state index contributed by atoms with van der Waals surface area (Å²) in [5.41, 5.74) is 0. The number of hydrogen-bond acceptors (Lipinski definition) is 4. The summed E-state index contributed by atoms with van der Waals surface area (Å²) in [6, 6.07) is 6.78. The number of carbonyl (C=O) groups is 1. The van der Waals surface area contributed by atoms with Crippen molar-refractivity contribution in [3.8, 4) is 0 Å². The largest absolute Gasteiger partial charge is 0.353 e. The Morgan fingerprint density at radius 1 is 1.12 bits per heavy atom. The summed E-state index contributed by atoms with van der Waals surface area (Å²) in [6.45, 7) is 5.60. The predicted octanol–water partition coefficient (Wildman–Crippen LogP) is 1.99. The monoisotopic (exact) mass is 328 g/mol. The molecule has 1 aliphatic heterocycles. The van der Waals surface area contributed by atoms with Gasteiger partial charge in [-0.05, 0) is 43.7 Å². The third-order valence-electron chi connectivity index (χ3n) is 5.47. The molecule has 2 aliphatic carbocycles. The van der Waals surface area contributed by atoms with Crippen molar-refractivity contribution in [1.82, 2.24) is 14.8 Å². The highest BCUT2D eigenvalue weighted by molar-refractivity contribution is 5.76. The van der Waals surface area contributed by atoms with Crippen LogP contribution < -0.4 is 4.90 Å². The normalized spacial score (nSPS) is 21.4. The van der Waals surface area contributed by atoms with E-state index in [1.165, 1.54) is 32.2 Å². The van der Waals surface area contributed by atoms with Gasteiger partial charge in [0.25, 0.3) is 0 Å². The maximum Gasteiger partial charge on any atom is 0.223 e. The highest BCUT2D eigenvalue weighted by atomic mass is 16.2. The molecule has 2 heterocycles. The van der Waals surface area contributed by atoms with Crippen molar-refractivity contribution in [3.05, 3.63) is 24.4 Å². The first-order chi connectivity index (χ1) is 11.8. The molecule has 0 aromatic carbocycles. The van der Waals surface area contributed by atoms with E-state index >= 15 is 0 Å². The van der Waals surface area contributed by atoms with E-state index in [2.05, 4.69) is 14.8 Å². The molecule has 2 saturated carbocycles. The van der Waals surface area contributed by atoms with Crippen LogP contribution in [0, 0.1) is 5.92 Å². The van der Waals surface area contributed by atoms with Gasteiger partial charge in [0, 0.05) is 57.9 Å². The first-order valence-electron chi connectivity index (χ1n) is 9.47. The lowest BCUT2D eigenvalue weighted by Gasteiger charge is -2.35. The fourth-order valence-electron chi connectivity index (χ4n) is 3.62. The third-order valence-corrected chi connectivity index (χ3v) is 5.47. The van der Waals surface area contributed by atoms with Gasteiger partial charge in [-0.2, -0.15) is 0 Å². The van der Waals surface area contributed by atoms with E-state index in [0.29, 0.717) is 12.3 Å². The average molecular weight is 328 g/mol. The van der Waals surface area contributed by atoms with Crippen molar-refractivity contribution >= 4 is 11.7 Å². The Morgan fingerprint density at radius 2 is 1.92 bits per heavy atom. The molecule has 24 heavy (non-hydrogen) atoms. The average Bonchev–Trinajstić information content (AvgIpc) is 3.53. The molecule has 0 spiro atoms. The fraction of sp³-hybridized carbons (Fsp3) is 0.684. The second-order valence-corrected chi connectivity index (χ2v) is 7.48. The van der Waals surface area contributed by atoms with E-state index in [0.717, 1.165) is 50.5 Å². The SMILES string of the molecule is O=C(CCN(CC1CC1)C1CC1)N1CCN(c2ccccn2)CC1. The minimum atomic E-state index is 0.331. The maximum absolute atomic E-state index is 12.6. The topological polar surface area (TPSA) is 39.7 Å². The molecule has 3 fully saturated rings. The van der Waals surface area contributed by atoms with E-state index in [1.807, 2.05) is 29.3 Å². The Hall–Kier alpha value is -1.62. The molecule has 0 radical (unpaired) electrons. The molecule has 4 rings (SSSR count). The zero-order valence-electron chi connectivity index (χ0n) is 14.4. The van der Waals surface area contributed by atoms with E-state index < -0.39 is 0 Å². The molecule has 1 amide bonds. The number of aromatic nitrogens is 1. The summed E-state index contributed by atoms with van der Waals surface area (Å²) >= 11 is 0. The number of hydrogen-bond donors (Lipinski definition) is 0. The van der Waals surface area contributed by atoms with Crippen LogP contribution in [0.4, 0.5) is 5.82 Å². The number of piperazine rings is 1. The third kappa shape index (κ3) is 4.07. The number of anilines is 1. The summed E-state index contributed by atoms with van der Waals surface area (Å²) in [5, 5.41) is 0. The quantitative estimate of drug-likeness (QED) is 0.767. The van der Waals surface area contributed by atoms with E-state index in [9.17, 15) is 4.79 Å². The smallest absolute Gasteiger partial charge is 0.223 e. The Bertz CT molecular complexity index is 548. The van der Waals surface area contributed by atoms with Crippen molar-refractivity contribution in [1.29, 1.82) is 0 Å². The van der Waals surface area contributed by atoms with Crippen LogP contribution in [-0.2, 0) is 4.79 Å². The molecule has 1 saturated heterocycles. The molecule has 0 N–H and O–H groups in total. The highest BCUT2D eigenvalue weighted by Crippen LogP contribution is 2.34. The van der Waals surface area contributed by atoms with Crippen LogP contribution in [0.25, 0.3) is 0 Å². The van der Waals surface area contributed by atoms with Crippen LogP contribution in [0.15, 0.2) is 24.4 Å². The van der Waals surface area contributed by atoms with Gasteiger partial charge in [0.2, 0.25) is 5.91 Å². The van der Waals surface area contributed by atoms with Gasteiger partial charge in [0.05, 0.1) is 0 Å². The number of carbonyl (C=O) groups excluding carboxylic acids is 1. The van der Waals surface area contributed by atoms with Crippen LogP contribution in [0.5, 0.6) is 0 Å². The summed E-state index contributed by atoms with van der Waals surface area (Å²) in [5.74, 6) is 2.27. The lowest BCUT2D eigenvalue weighted by molar-refractivity contribution is -0.131. The Morgan fingerprint density at radius 3 is 2.54 bits per heavy atom. The van der Waals surface area contributed by atoms with Gasteiger partial charge < -0.3 is 9.80 Å².